The highest BCUT2D eigenvalue weighted by Crippen LogP contribution is 2.32. The van der Waals surface area contributed by atoms with Gasteiger partial charge in [0.25, 0.3) is 5.91 Å². The second-order valence-corrected chi connectivity index (χ2v) is 10.6. The van der Waals surface area contributed by atoms with Crippen molar-refractivity contribution in [1.82, 2.24) is 20.0 Å². The molecule has 3 aliphatic rings. The summed E-state index contributed by atoms with van der Waals surface area (Å²) in [6.45, 7) is 3.32. The highest BCUT2D eigenvalue weighted by molar-refractivity contribution is 6.00. The molecule has 2 amide bonds. The second-order valence-electron chi connectivity index (χ2n) is 10.6. The summed E-state index contributed by atoms with van der Waals surface area (Å²) in [7, 11) is 1.63. The van der Waals surface area contributed by atoms with Gasteiger partial charge in [-0.1, -0.05) is 32.1 Å². The standard InChI is InChI=1S/C28H38N4O4/c1-28(27(34)29-21-9-6-4-3-5-7-10-21)19-32-25(26(33)31(28)18-23-11-8-16-36-23)17-24(30-32)20-12-14-22(35-2)15-13-20/h12-15,17,21,23H,3-11,16,18-19H2,1-2H3,(H,29,34)/t23-,28-/m0/s1. The monoisotopic (exact) mass is 494 g/mol. The molecule has 2 atom stereocenters. The van der Waals surface area contributed by atoms with Crippen LogP contribution in [0.25, 0.3) is 11.3 Å². The van der Waals surface area contributed by atoms with Crippen molar-refractivity contribution in [3.8, 4) is 17.0 Å². The zero-order chi connectivity index (χ0) is 25.1. The summed E-state index contributed by atoms with van der Waals surface area (Å²) in [4.78, 5) is 29.5. The Hall–Kier alpha value is -2.87. The van der Waals surface area contributed by atoms with Gasteiger partial charge in [0, 0.05) is 24.8 Å². The lowest BCUT2D eigenvalue weighted by atomic mass is 9.92. The maximum atomic E-state index is 13.9. The number of benzene rings is 1. The molecular formula is C28H38N4O4. The smallest absolute Gasteiger partial charge is 0.273 e. The third-order valence-electron chi connectivity index (χ3n) is 8.02. The summed E-state index contributed by atoms with van der Waals surface area (Å²) in [6, 6.07) is 9.62. The fraction of sp³-hybridized carbons (Fsp3) is 0.607. The van der Waals surface area contributed by atoms with E-state index in [0.717, 1.165) is 49.8 Å². The lowest BCUT2D eigenvalue weighted by Crippen LogP contribution is -2.66. The minimum absolute atomic E-state index is 0.0435. The van der Waals surface area contributed by atoms with Crippen molar-refractivity contribution in [3.63, 3.8) is 0 Å². The molecule has 5 rings (SSSR count). The van der Waals surface area contributed by atoms with Crippen molar-refractivity contribution in [2.45, 2.75) is 88.9 Å². The number of nitrogens with zero attached hydrogens (tertiary/aromatic N) is 3. The number of fused-ring (bicyclic) bond motifs is 1. The zero-order valence-corrected chi connectivity index (χ0v) is 21.5. The van der Waals surface area contributed by atoms with Gasteiger partial charge in [0.05, 0.1) is 25.5 Å². The first-order chi connectivity index (χ1) is 17.5. The molecule has 8 heteroatoms. The van der Waals surface area contributed by atoms with Crippen molar-refractivity contribution < 1.29 is 19.1 Å². The Morgan fingerprint density at radius 1 is 1.11 bits per heavy atom. The van der Waals surface area contributed by atoms with E-state index in [-0.39, 0.29) is 24.0 Å². The summed E-state index contributed by atoms with van der Waals surface area (Å²) in [5.41, 5.74) is 1.08. The Kier molecular flexibility index (Phi) is 7.32. The minimum atomic E-state index is -1.04. The van der Waals surface area contributed by atoms with Gasteiger partial charge in [-0.2, -0.15) is 5.10 Å². The van der Waals surface area contributed by atoms with Crippen LogP contribution in [0, 0.1) is 0 Å². The van der Waals surface area contributed by atoms with Gasteiger partial charge in [-0.15, -0.1) is 0 Å². The second kappa shape index (κ2) is 10.6. The van der Waals surface area contributed by atoms with Gasteiger partial charge in [0.1, 0.15) is 17.0 Å². The van der Waals surface area contributed by atoms with Gasteiger partial charge in [0.2, 0.25) is 5.91 Å². The molecular weight excluding hydrogens is 456 g/mol. The largest absolute Gasteiger partial charge is 0.497 e. The van der Waals surface area contributed by atoms with E-state index >= 15 is 0 Å². The van der Waals surface area contributed by atoms with Gasteiger partial charge in [-0.3, -0.25) is 14.3 Å². The predicted molar refractivity (Wildman–Crippen MR) is 137 cm³/mol. The van der Waals surface area contributed by atoms with Gasteiger partial charge in [-0.05, 0) is 62.9 Å². The van der Waals surface area contributed by atoms with E-state index in [9.17, 15) is 9.59 Å². The lowest BCUT2D eigenvalue weighted by molar-refractivity contribution is -0.134. The quantitative estimate of drug-likeness (QED) is 0.651. The van der Waals surface area contributed by atoms with Crippen molar-refractivity contribution in [2.75, 3.05) is 20.3 Å². The molecule has 2 fully saturated rings. The average molecular weight is 495 g/mol. The molecule has 0 radical (unpaired) electrons. The number of carbonyl (C=O) groups is 2. The van der Waals surface area contributed by atoms with E-state index in [4.69, 9.17) is 14.6 Å². The van der Waals surface area contributed by atoms with E-state index in [2.05, 4.69) is 5.32 Å². The first-order valence-electron chi connectivity index (χ1n) is 13.4. The highest BCUT2D eigenvalue weighted by atomic mass is 16.5. The lowest BCUT2D eigenvalue weighted by Gasteiger charge is -2.44. The van der Waals surface area contributed by atoms with Crippen LogP contribution >= 0.6 is 0 Å². The molecule has 2 aromatic rings. The van der Waals surface area contributed by atoms with E-state index < -0.39 is 5.54 Å². The summed E-state index contributed by atoms with van der Waals surface area (Å²) in [6.07, 6.45) is 9.82. The summed E-state index contributed by atoms with van der Waals surface area (Å²) in [5, 5.41) is 8.09. The van der Waals surface area contributed by atoms with Crippen molar-refractivity contribution >= 4 is 11.8 Å². The van der Waals surface area contributed by atoms with E-state index in [1.165, 1.54) is 19.3 Å². The molecule has 0 spiro atoms. The molecule has 1 aromatic carbocycles. The maximum Gasteiger partial charge on any atom is 0.273 e. The van der Waals surface area contributed by atoms with Crippen LogP contribution in [-0.2, 0) is 16.1 Å². The van der Waals surface area contributed by atoms with Crippen LogP contribution in [0.1, 0.15) is 75.2 Å². The summed E-state index contributed by atoms with van der Waals surface area (Å²) in [5.74, 6) is 0.505. The van der Waals surface area contributed by atoms with Gasteiger partial charge in [0.15, 0.2) is 0 Å². The summed E-state index contributed by atoms with van der Waals surface area (Å²) >= 11 is 0. The molecule has 1 saturated heterocycles. The normalized spacial score (nSPS) is 25.2. The Balaban J connectivity index is 1.43. The summed E-state index contributed by atoms with van der Waals surface area (Å²) < 4.78 is 12.9. The molecule has 1 N–H and O–H groups in total. The van der Waals surface area contributed by atoms with Crippen LogP contribution < -0.4 is 10.1 Å². The Morgan fingerprint density at radius 3 is 2.50 bits per heavy atom. The Bertz CT molecular complexity index is 1070. The number of aromatic nitrogens is 2. The van der Waals surface area contributed by atoms with Crippen LogP contribution in [-0.4, -0.2) is 64.4 Å². The van der Waals surface area contributed by atoms with Gasteiger partial charge < -0.3 is 19.7 Å². The van der Waals surface area contributed by atoms with Crippen LogP contribution in [0.4, 0.5) is 0 Å². The molecule has 0 unspecified atom stereocenters. The molecule has 3 heterocycles. The first kappa shape index (κ1) is 24.8. The third kappa shape index (κ3) is 5.01. The molecule has 1 saturated carbocycles. The number of hydrogen-bond acceptors (Lipinski definition) is 5. The predicted octanol–water partition coefficient (Wildman–Crippen LogP) is 4.18. The number of amides is 2. The highest BCUT2D eigenvalue weighted by Gasteiger charge is 2.49. The third-order valence-corrected chi connectivity index (χ3v) is 8.02. The number of methoxy groups -OCH3 is 1. The van der Waals surface area contributed by atoms with Crippen LogP contribution in [0.2, 0.25) is 0 Å². The fourth-order valence-corrected chi connectivity index (χ4v) is 5.76. The zero-order valence-electron chi connectivity index (χ0n) is 21.5. The van der Waals surface area contributed by atoms with E-state index in [1.807, 2.05) is 37.3 Å². The van der Waals surface area contributed by atoms with E-state index in [0.29, 0.717) is 31.1 Å². The van der Waals surface area contributed by atoms with Gasteiger partial charge >= 0.3 is 0 Å². The number of hydrogen-bond donors (Lipinski definition) is 1. The number of carbonyl (C=O) groups excluding carboxylic acids is 2. The van der Waals surface area contributed by atoms with Crippen LogP contribution in [0.3, 0.4) is 0 Å². The number of rotatable bonds is 6. The molecule has 1 aliphatic carbocycles. The number of ether oxygens (including phenoxy) is 2. The number of nitrogens with one attached hydrogen (secondary N) is 1. The van der Waals surface area contributed by atoms with Crippen molar-refractivity contribution in [1.29, 1.82) is 0 Å². The van der Waals surface area contributed by atoms with Crippen molar-refractivity contribution in [3.05, 3.63) is 36.0 Å². The molecule has 36 heavy (non-hydrogen) atoms. The first-order valence-corrected chi connectivity index (χ1v) is 13.4. The topological polar surface area (TPSA) is 85.7 Å². The molecule has 8 nitrogen and oxygen atoms in total. The van der Waals surface area contributed by atoms with Crippen LogP contribution in [0.5, 0.6) is 5.75 Å². The Labute approximate surface area is 213 Å². The molecule has 2 aliphatic heterocycles. The molecule has 1 aromatic heterocycles. The maximum absolute atomic E-state index is 13.9. The van der Waals surface area contributed by atoms with Crippen molar-refractivity contribution in [2.24, 2.45) is 0 Å². The van der Waals surface area contributed by atoms with Gasteiger partial charge in [-0.25, -0.2) is 0 Å². The molecule has 0 bridgehead atoms. The molecule has 194 valence electrons. The Morgan fingerprint density at radius 2 is 1.83 bits per heavy atom. The SMILES string of the molecule is COc1ccc(-c2cc3n(n2)C[C@@](C)(C(=O)NC2CCCCCCC2)N(C[C@@H]2CCCO2)C3=O)cc1. The minimum Gasteiger partial charge on any atom is -0.497 e. The van der Waals surface area contributed by atoms with E-state index in [1.54, 1.807) is 16.7 Å². The average Bonchev–Trinajstić information content (AvgIpc) is 3.53. The fourth-order valence-electron chi connectivity index (χ4n) is 5.76. The van der Waals surface area contributed by atoms with Crippen LogP contribution in [0.15, 0.2) is 30.3 Å².